The molecule has 0 radical (unpaired) electrons. The van der Waals surface area contributed by atoms with Gasteiger partial charge < -0.3 is 15.2 Å². The molecule has 0 bridgehead atoms. The average Bonchev–Trinajstić information content (AvgIpc) is 2.27. The minimum atomic E-state index is -1.01. The van der Waals surface area contributed by atoms with Crippen LogP contribution in [0.5, 0.6) is 0 Å². The highest BCUT2D eigenvalue weighted by molar-refractivity contribution is 5.84. The number of ether oxygens (including phenoxy) is 1. The van der Waals surface area contributed by atoms with Gasteiger partial charge in [0.1, 0.15) is 6.04 Å². The molecule has 0 aromatic heterocycles. The molecule has 2 rings (SSSR count). The molecule has 2 aliphatic heterocycles. The van der Waals surface area contributed by atoms with Crippen LogP contribution >= 0.6 is 0 Å². The monoisotopic (exact) mass is 256 g/mol. The first-order chi connectivity index (χ1) is 8.51. The molecule has 2 N–H and O–H groups in total. The quantitative estimate of drug-likeness (QED) is 0.721. The van der Waals surface area contributed by atoms with Crippen LogP contribution in [0.15, 0.2) is 0 Å². The Bertz CT molecular complexity index is 331. The number of aliphatic carboxylic acids is 1. The van der Waals surface area contributed by atoms with Crippen molar-refractivity contribution in [1.82, 2.24) is 10.2 Å². The van der Waals surface area contributed by atoms with Crippen LogP contribution in [-0.4, -0.2) is 60.8 Å². The van der Waals surface area contributed by atoms with Crippen LogP contribution in [0.25, 0.3) is 0 Å². The molecule has 0 aromatic rings. The number of hydrogen-bond acceptors (Lipinski definition) is 4. The smallest absolute Gasteiger partial charge is 0.325 e. The minimum absolute atomic E-state index is 0.217. The Labute approximate surface area is 106 Å². The zero-order valence-electron chi connectivity index (χ0n) is 10.6. The highest BCUT2D eigenvalue weighted by atomic mass is 16.5. The second kappa shape index (κ2) is 5.24. The van der Waals surface area contributed by atoms with E-state index in [-0.39, 0.29) is 12.5 Å². The third kappa shape index (κ3) is 3.00. The zero-order chi connectivity index (χ0) is 13.2. The van der Waals surface area contributed by atoms with Gasteiger partial charge in [-0.15, -0.1) is 0 Å². The maximum Gasteiger partial charge on any atom is 0.325 e. The van der Waals surface area contributed by atoms with E-state index in [1.807, 2.05) is 0 Å². The highest BCUT2D eigenvalue weighted by Crippen LogP contribution is 2.38. The lowest BCUT2D eigenvalue weighted by Gasteiger charge is -2.47. The number of nitrogens with zero attached hydrogens (tertiary/aromatic N) is 1. The summed E-state index contributed by atoms with van der Waals surface area (Å²) in [6, 6.07) is -0.825. The van der Waals surface area contributed by atoms with Crippen LogP contribution in [0.1, 0.15) is 19.8 Å². The summed E-state index contributed by atoms with van der Waals surface area (Å²) in [5.41, 5.74) is 0.362. The van der Waals surface area contributed by atoms with Crippen molar-refractivity contribution in [3.8, 4) is 0 Å². The van der Waals surface area contributed by atoms with E-state index in [4.69, 9.17) is 9.84 Å². The first-order valence-electron chi connectivity index (χ1n) is 6.33. The summed E-state index contributed by atoms with van der Waals surface area (Å²) < 4.78 is 5.25. The van der Waals surface area contributed by atoms with Crippen molar-refractivity contribution in [3.63, 3.8) is 0 Å². The Morgan fingerprint density at radius 2 is 2.00 bits per heavy atom. The van der Waals surface area contributed by atoms with Gasteiger partial charge in [-0.25, -0.2) is 0 Å². The fraction of sp³-hybridized carbons (Fsp3) is 0.833. The number of likely N-dealkylation sites (tertiary alicyclic amines) is 1. The van der Waals surface area contributed by atoms with E-state index in [2.05, 4.69) is 10.2 Å². The number of carboxylic acids is 1. The van der Waals surface area contributed by atoms with Gasteiger partial charge in [-0.3, -0.25) is 14.5 Å². The Kier molecular flexibility index (Phi) is 3.87. The van der Waals surface area contributed by atoms with Crippen molar-refractivity contribution in [2.75, 3.05) is 32.8 Å². The van der Waals surface area contributed by atoms with Gasteiger partial charge in [-0.05, 0) is 32.9 Å². The summed E-state index contributed by atoms with van der Waals surface area (Å²) in [4.78, 5) is 24.3. The topological polar surface area (TPSA) is 78.9 Å². The van der Waals surface area contributed by atoms with Gasteiger partial charge in [0.05, 0.1) is 19.8 Å². The Balaban J connectivity index is 1.71. The number of carboxylic acid groups (broad SMARTS) is 1. The summed E-state index contributed by atoms with van der Waals surface area (Å²) >= 11 is 0. The van der Waals surface area contributed by atoms with Crippen LogP contribution in [0, 0.1) is 5.41 Å². The fourth-order valence-corrected chi connectivity index (χ4v) is 2.42. The molecule has 2 fully saturated rings. The van der Waals surface area contributed by atoms with Gasteiger partial charge >= 0.3 is 5.97 Å². The van der Waals surface area contributed by atoms with Crippen LogP contribution in [0.2, 0.25) is 0 Å². The zero-order valence-corrected chi connectivity index (χ0v) is 10.6. The number of hydrogen-bond donors (Lipinski definition) is 2. The number of nitrogens with one attached hydrogen (secondary N) is 1. The first kappa shape index (κ1) is 13.3. The van der Waals surface area contributed by atoms with Crippen LogP contribution in [0.3, 0.4) is 0 Å². The van der Waals surface area contributed by atoms with E-state index in [1.165, 1.54) is 6.92 Å². The van der Waals surface area contributed by atoms with Crippen LogP contribution in [-0.2, 0) is 14.3 Å². The molecule has 1 atom stereocenters. The van der Waals surface area contributed by atoms with E-state index >= 15 is 0 Å². The minimum Gasteiger partial charge on any atom is -0.480 e. The summed E-state index contributed by atoms with van der Waals surface area (Å²) in [7, 11) is 0. The van der Waals surface area contributed by atoms with E-state index in [0.717, 1.165) is 39.1 Å². The summed E-state index contributed by atoms with van der Waals surface area (Å²) in [5.74, 6) is -1.22. The molecule has 2 aliphatic rings. The van der Waals surface area contributed by atoms with Crippen molar-refractivity contribution in [3.05, 3.63) is 0 Å². The molecule has 102 valence electrons. The molecular formula is C12H20N2O4. The molecule has 18 heavy (non-hydrogen) atoms. The maximum atomic E-state index is 11.6. The Morgan fingerprint density at radius 3 is 2.44 bits per heavy atom. The van der Waals surface area contributed by atoms with Gasteiger partial charge in [0, 0.05) is 5.41 Å². The number of carbonyl (C=O) groups excluding carboxylic acids is 1. The molecule has 1 amide bonds. The molecule has 2 heterocycles. The summed E-state index contributed by atoms with van der Waals surface area (Å²) in [6.45, 7) is 5.23. The number of piperidine rings is 1. The predicted molar refractivity (Wildman–Crippen MR) is 64.2 cm³/mol. The van der Waals surface area contributed by atoms with Gasteiger partial charge in [0.15, 0.2) is 0 Å². The molecule has 2 saturated heterocycles. The molecule has 0 unspecified atom stereocenters. The van der Waals surface area contributed by atoms with Gasteiger partial charge in [-0.2, -0.15) is 0 Å². The van der Waals surface area contributed by atoms with Crippen molar-refractivity contribution >= 4 is 11.9 Å². The number of amides is 1. The Hall–Kier alpha value is -1.14. The van der Waals surface area contributed by atoms with Crippen LogP contribution < -0.4 is 5.32 Å². The van der Waals surface area contributed by atoms with Crippen molar-refractivity contribution in [2.24, 2.45) is 5.41 Å². The fourth-order valence-electron chi connectivity index (χ4n) is 2.42. The first-order valence-corrected chi connectivity index (χ1v) is 6.33. The SMILES string of the molecule is C[C@H](NC(=O)CN1CCC2(CC1)COC2)C(=O)O. The maximum absolute atomic E-state index is 11.6. The van der Waals surface area contributed by atoms with Gasteiger partial charge in [-0.1, -0.05) is 0 Å². The molecular weight excluding hydrogens is 236 g/mol. The molecule has 0 aliphatic carbocycles. The van der Waals surface area contributed by atoms with Gasteiger partial charge in [0.25, 0.3) is 0 Å². The molecule has 6 nitrogen and oxygen atoms in total. The molecule has 0 saturated carbocycles. The lowest BCUT2D eigenvalue weighted by atomic mass is 9.77. The second-order valence-electron chi connectivity index (χ2n) is 5.40. The Morgan fingerprint density at radius 1 is 1.39 bits per heavy atom. The van der Waals surface area contributed by atoms with E-state index in [0.29, 0.717) is 5.41 Å². The number of rotatable bonds is 4. The highest BCUT2D eigenvalue weighted by Gasteiger charge is 2.41. The average molecular weight is 256 g/mol. The lowest BCUT2D eigenvalue weighted by molar-refractivity contribution is -0.145. The van der Waals surface area contributed by atoms with E-state index < -0.39 is 12.0 Å². The third-order valence-electron chi connectivity index (χ3n) is 3.85. The van der Waals surface area contributed by atoms with E-state index in [9.17, 15) is 9.59 Å². The third-order valence-corrected chi connectivity index (χ3v) is 3.85. The summed E-state index contributed by atoms with van der Waals surface area (Å²) in [6.07, 6.45) is 2.13. The molecule has 0 aromatic carbocycles. The van der Waals surface area contributed by atoms with Crippen molar-refractivity contribution in [1.29, 1.82) is 0 Å². The molecule has 1 spiro atoms. The standard InChI is InChI=1S/C12H20N2O4/c1-9(11(16)17)13-10(15)6-14-4-2-12(3-5-14)7-18-8-12/h9H,2-8H2,1H3,(H,13,15)(H,16,17)/t9-/m0/s1. The van der Waals surface area contributed by atoms with Gasteiger partial charge in [0.2, 0.25) is 5.91 Å². The van der Waals surface area contributed by atoms with Crippen molar-refractivity contribution < 1.29 is 19.4 Å². The second-order valence-corrected chi connectivity index (χ2v) is 5.40. The summed E-state index contributed by atoms with van der Waals surface area (Å²) in [5, 5.41) is 11.2. The normalized spacial score (nSPS) is 24.3. The van der Waals surface area contributed by atoms with Crippen LogP contribution in [0.4, 0.5) is 0 Å². The molecule has 6 heteroatoms. The predicted octanol–water partition coefficient (Wildman–Crippen LogP) is -0.312. The largest absolute Gasteiger partial charge is 0.480 e. The number of carbonyl (C=O) groups is 2. The van der Waals surface area contributed by atoms with E-state index in [1.54, 1.807) is 0 Å². The lowest BCUT2D eigenvalue weighted by Crippen LogP contribution is -2.53. The van der Waals surface area contributed by atoms with Crippen molar-refractivity contribution in [2.45, 2.75) is 25.8 Å².